The number of amides is 2. The molecule has 1 saturated heterocycles. The maximum atomic E-state index is 15.8. The molecule has 3 heterocycles. The molecule has 0 spiro atoms. The van der Waals surface area contributed by atoms with E-state index in [1.54, 1.807) is 12.5 Å². The topological polar surface area (TPSA) is 179 Å². The van der Waals surface area contributed by atoms with Gasteiger partial charge in [0, 0.05) is 90.7 Å². The summed E-state index contributed by atoms with van der Waals surface area (Å²) in [6.07, 6.45) is 20.3. The van der Waals surface area contributed by atoms with Gasteiger partial charge in [0.25, 0.3) is 5.91 Å². The van der Waals surface area contributed by atoms with Gasteiger partial charge >= 0.3 is 5.97 Å². The number of fused-ring (bicyclic) bond motifs is 10. The van der Waals surface area contributed by atoms with E-state index in [0.29, 0.717) is 49.5 Å². The van der Waals surface area contributed by atoms with Gasteiger partial charge in [-0.3, -0.25) is 14.4 Å². The number of carbonyl (C=O) groups excluding carboxylic acids is 3. The minimum absolute atomic E-state index is 0.00146. The summed E-state index contributed by atoms with van der Waals surface area (Å²) in [5, 5.41) is 1.13. The van der Waals surface area contributed by atoms with Crippen molar-refractivity contribution in [1.29, 1.82) is 0 Å². The second-order valence-electron chi connectivity index (χ2n) is 29.8. The van der Waals surface area contributed by atoms with E-state index < -0.39 is 15.7 Å². The lowest BCUT2D eigenvalue weighted by Crippen LogP contribution is -2.68. The molecule has 10 aliphatic rings. The maximum Gasteiger partial charge on any atom is 0.302 e. The van der Waals surface area contributed by atoms with Crippen molar-refractivity contribution in [2.45, 2.75) is 178 Å². The lowest BCUT2D eigenvalue weighted by atomic mass is 9.33. The van der Waals surface area contributed by atoms with Crippen LogP contribution >= 0.6 is 0 Å². The highest BCUT2D eigenvalue weighted by atomic mass is 35.7. The first-order chi connectivity index (χ1) is 40.9. The highest BCUT2D eigenvalue weighted by Gasteiger charge is 2.70. The van der Waals surface area contributed by atoms with Crippen LogP contribution in [0.3, 0.4) is 0 Å². The van der Waals surface area contributed by atoms with Gasteiger partial charge in [-0.25, -0.2) is 23.2 Å². The second kappa shape index (κ2) is 22.7. The van der Waals surface area contributed by atoms with Crippen LogP contribution in [0, 0.1) is 60.5 Å². The van der Waals surface area contributed by atoms with Crippen molar-refractivity contribution < 1.29 is 52.4 Å². The molecule has 0 radical (unpaired) electrons. The van der Waals surface area contributed by atoms with E-state index in [1.807, 2.05) is 17.0 Å². The zero-order chi connectivity index (χ0) is 62.6. The lowest BCUT2D eigenvalue weighted by Gasteiger charge is -2.71. The second-order valence-corrected chi connectivity index (χ2v) is 30.5. The fourth-order valence-electron chi connectivity index (χ4n) is 19.5. The Morgan fingerprint density at radius 3 is 2.11 bits per heavy atom. The van der Waals surface area contributed by atoms with Gasteiger partial charge < -0.3 is 23.9 Å². The molecule has 0 bridgehead atoms. The predicted molar refractivity (Wildman–Crippen MR) is 331 cm³/mol. The number of allylic oxidation sites excluding steroid dienone is 6. The monoisotopic (exact) mass is 1210 g/mol. The van der Waals surface area contributed by atoms with Crippen molar-refractivity contribution in [1.82, 2.24) is 14.4 Å². The number of halogens is 1. The molecule has 468 valence electrons. The van der Waals surface area contributed by atoms with Crippen LogP contribution in [0.1, 0.15) is 187 Å². The molecule has 4 saturated carbocycles. The van der Waals surface area contributed by atoms with E-state index in [2.05, 4.69) is 170 Å². The molecule has 2 aromatic carbocycles. The standard InChI is InChI=1S/C73H95N4O5.ClHO4/c1-14-75(15-2)49-28-29-52-58(45-49)82-64-48(27-32-61-68(6,7)55-25-18-19-26-57(55)74(61)13)21-20-24-53(64)63(52)50-22-16-17-23-51(50)65(79)76-41-43-77(44-42-76)66(80)73-39-37-67(4,5)46-56(73)54-30-31-60-70(10)35-34-62(81-47(3)78)69(8,9)59(70)33-36-72(60,12)71(54,11)38-40-73;2-1(3,4)5/h16-19,22-23,25-30,32,45,56,59-60,62H,14-15,20-21,24,31,33-44,46H2,1-13H3;(H,2,3,4,5)/q+1;/p-1/t56-,59-,60+,62-,70-,71+,72+,73-;/m0./s1. The summed E-state index contributed by atoms with van der Waals surface area (Å²) in [5.41, 5.74) is 11.2. The number of nitrogens with zero attached hydrogens (tertiary/aromatic N) is 4. The Hall–Kier alpha value is -5.57. The molecule has 0 unspecified atom stereocenters. The van der Waals surface area contributed by atoms with Crippen molar-refractivity contribution in [3.63, 3.8) is 0 Å². The molecule has 13 nitrogen and oxygen atoms in total. The Morgan fingerprint density at radius 1 is 0.759 bits per heavy atom. The van der Waals surface area contributed by atoms with Crippen molar-refractivity contribution in [2.24, 2.45) is 50.2 Å². The summed E-state index contributed by atoms with van der Waals surface area (Å²) < 4.78 is 49.6. The summed E-state index contributed by atoms with van der Waals surface area (Å²) in [6.45, 7) is 31.9. The molecular formula is C73H95ClN4O9. The fourth-order valence-corrected chi connectivity index (χ4v) is 19.5. The third-order valence-electron chi connectivity index (χ3n) is 24.3. The van der Waals surface area contributed by atoms with Crippen LogP contribution in [0.15, 0.2) is 101 Å². The molecule has 87 heavy (non-hydrogen) atoms. The normalized spacial score (nSPS) is 31.2. The molecular weight excluding hydrogens is 1110 g/mol. The molecule has 8 atom stereocenters. The van der Waals surface area contributed by atoms with Crippen LogP contribution in [0.5, 0.6) is 0 Å². The average molecular weight is 1210 g/mol. The molecule has 7 aliphatic carbocycles. The van der Waals surface area contributed by atoms with Crippen LogP contribution in [0.2, 0.25) is 0 Å². The predicted octanol–water partition coefficient (Wildman–Crippen LogP) is 10.2. The summed E-state index contributed by atoms with van der Waals surface area (Å²) in [7, 11) is -2.77. The number of para-hydroxylation sites is 1. The van der Waals surface area contributed by atoms with E-state index in [-0.39, 0.29) is 56.4 Å². The summed E-state index contributed by atoms with van der Waals surface area (Å²) in [6, 6.07) is 23.7. The maximum absolute atomic E-state index is 15.8. The highest BCUT2D eigenvalue weighted by molar-refractivity contribution is 6.04. The van der Waals surface area contributed by atoms with Gasteiger partial charge in [0.2, 0.25) is 11.3 Å². The molecule has 5 fully saturated rings. The molecule has 3 aliphatic heterocycles. The van der Waals surface area contributed by atoms with Gasteiger partial charge in [0.05, 0.1) is 11.5 Å². The van der Waals surface area contributed by atoms with Crippen LogP contribution in [0.25, 0.3) is 28.0 Å². The minimum Gasteiger partial charge on any atom is -0.462 e. The quantitative estimate of drug-likeness (QED) is 0.0982. The van der Waals surface area contributed by atoms with E-state index in [1.165, 1.54) is 22.5 Å². The van der Waals surface area contributed by atoms with E-state index >= 15 is 9.59 Å². The molecule has 2 aromatic rings. The van der Waals surface area contributed by atoms with Crippen molar-refractivity contribution >= 4 is 29.0 Å². The number of piperazine rings is 1. The highest BCUT2D eigenvalue weighted by Crippen LogP contribution is 2.76. The molecule has 2 amide bonds. The Labute approximate surface area is 519 Å². The zero-order valence-corrected chi connectivity index (χ0v) is 54.9. The van der Waals surface area contributed by atoms with Crippen molar-refractivity contribution in [3.8, 4) is 22.5 Å². The van der Waals surface area contributed by atoms with Crippen molar-refractivity contribution in [3.05, 3.63) is 124 Å². The average Bonchev–Trinajstić information content (AvgIpc) is 1.22. The number of likely N-dealkylation sites (N-methyl/N-ethyl adjacent to an activating group) is 1. The third kappa shape index (κ3) is 10.7. The number of benzene rings is 3. The van der Waals surface area contributed by atoms with Crippen LogP contribution in [0.4, 0.5) is 5.69 Å². The first-order valence-corrected chi connectivity index (χ1v) is 33.8. The largest absolute Gasteiger partial charge is 0.462 e. The number of hydrogen-bond acceptors (Lipinski definition) is 10. The molecule has 12 rings (SSSR count). The SMILES string of the molecule is CC[N+](CC)=c1ccc2c(-c3ccccc3C(=O)N3CCN(C(=O)[C@]45CCC(C)(C)C[C@H]4C4=CC[C@@H]6[C@@]7(C)CC[C@H](OC(C)=O)C(C)(C)[C@@H]7CC[C@@]6(C)[C@]4(C)CC5)CC3)c3c(oc-2c1)/C(=C/C=C1/N(C)c2ccccc2C1(C)C)CCC3.[O-][Cl+3]([O-])([O-])[O-]. The molecule has 0 aromatic heterocycles. The third-order valence-corrected chi connectivity index (χ3v) is 24.3. The number of esters is 1. The van der Waals surface area contributed by atoms with Gasteiger partial charge in [-0.2, -0.15) is 0 Å². The van der Waals surface area contributed by atoms with Crippen LogP contribution < -0.4 is 33.5 Å². The zero-order valence-electron chi connectivity index (χ0n) is 54.2. The van der Waals surface area contributed by atoms with Gasteiger partial charge in [-0.1, -0.05) is 116 Å². The van der Waals surface area contributed by atoms with Crippen LogP contribution in [-0.4, -0.2) is 80.0 Å². The summed E-state index contributed by atoms with van der Waals surface area (Å²) in [4.78, 5) is 50.0. The van der Waals surface area contributed by atoms with Gasteiger partial charge in [0.15, 0.2) is 0 Å². The summed E-state index contributed by atoms with van der Waals surface area (Å²) >= 11 is 0. The molecule has 0 N–H and O–H groups in total. The Bertz CT molecular complexity index is 3490. The number of anilines is 1. The van der Waals surface area contributed by atoms with Crippen LogP contribution in [-0.2, 0) is 26.2 Å². The Morgan fingerprint density at radius 2 is 1.43 bits per heavy atom. The van der Waals surface area contributed by atoms with Crippen molar-refractivity contribution in [2.75, 3.05) is 51.2 Å². The van der Waals surface area contributed by atoms with E-state index in [9.17, 15) is 4.79 Å². The number of rotatable bonds is 7. The van der Waals surface area contributed by atoms with E-state index in [4.69, 9.17) is 27.8 Å². The van der Waals surface area contributed by atoms with Gasteiger partial charge in [-0.05, 0) is 178 Å². The first-order valence-electron chi connectivity index (χ1n) is 32.5. The Kier molecular flexibility index (Phi) is 16.5. The van der Waals surface area contributed by atoms with E-state index in [0.717, 1.165) is 136 Å². The van der Waals surface area contributed by atoms with Gasteiger partial charge in [0.1, 0.15) is 30.7 Å². The number of hydrogen-bond donors (Lipinski definition) is 0. The smallest absolute Gasteiger partial charge is 0.302 e. The number of ether oxygens (including phenoxy) is 1. The number of carbonyl (C=O) groups is 3. The van der Waals surface area contributed by atoms with Gasteiger partial charge in [-0.15, -0.1) is 10.2 Å². The molecule has 14 heteroatoms. The lowest BCUT2D eigenvalue weighted by molar-refractivity contribution is -2.00. The Balaban J connectivity index is 0.00000151. The minimum atomic E-state index is -4.94. The summed E-state index contributed by atoms with van der Waals surface area (Å²) in [5.74, 6) is 3.16. The first kappa shape index (κ1) is 63.0. The fraction of sp³-hybridized carbons (Fsp3) is 0.589.